The fourth-order valence-electron chi connectivity index (χ4n) is 3.34. The summed E-state index contributed by atoms with van der Waals surface area (Å²) < 4.78 is 3.53. The Labute approximate surface area is 189 Å². The Bertz CT molecular complexity index is 1380. The van der Waals surface area contributed by atoms with E-state index in [1.54, 1.807) is 35.5 Å². The lowest BCUT2D eigenvalue weighted by atomic mass is 10.2. The third-order valence-corrected chi connectivity index (χ3v) is 4.89. The van der Waals surface area contributed by atoms with Gasteiger partial charge in [-0.05, 0) is 55.5 Å². The molecule has 0 bridgehead atoms. The van der Waals surface area contributed by atoms with E-state index in [0.717, 1.165) is 17.2 Å². The van der Waals surface area contributed by atoms with Gasteiger partial charge in [-0.25, -0.2) is 19.6 Å². The third-order valence-electron chi connectivity index (χ3n) is 4.89. The maximum Gasteiger partial charge on any atom is 0.255 e. The number of anilines is 3. The SMILES string of the molecule is Cc1nc(Nc2ccc(NC(=O)c3cccc(-n4cccn4)c3)cc2)cc(-n2ccnc2)n1. The molecule has 9 heteroatoms. The zero-order chi connectivity index (χ0) is 22.6. The first kappa shape index (κ1) is 20.1. The van der Waals surface area contributed by atoms with Gasteiger partial charge in [0.2, 0.25) is 0 Å². The highest BCUT2D eigenvalue weighted by Crippen LogP contribution is 2.20. The van der Waals surface area contributed by atoms with Gasteiger partial charge in [-0.3, -0.25) is 9.36 Å². The molecule has 5 aromatic rings. The molecular formula is C24H20N8O. The largest absolute Gasteiger partial charge is 0.340 e. The van der Waals surface area contributed by atoms with Crippen molar-refractivity contribution in [2.45, 2.75) is 6.92 Å². The molecule has 9 nitrogen and oxygen atoms in total. The van der Waals surface area contributed by atoms with Gasteiger partial charge in [0.15, 0.2) is 0 Å². The predicted molar refractivity (Wildman–Crippen MR) is 125 cm³/mol. The summed E-state index contributed by atoms with van der Waals surface area (Å²) in [5.41, 5.74) is 2.90. The molecule has 0 saturated heterocycles. The van der Waals surface area contributed by atoms with Gasteiger partial charge < -0.3 is 10.6 Å². The topological polar surface area (TPSA) is 103 Å². The fourth-order valence-corrected chi connectivity index (χ4v) is 3.34. The number of rotatable bonds is 6. The first-order chi connectivity index (χ1) is 16.1. The zero-order valence-electron chi connectivity index (χ0n) is 17.8. The van der Waals surface area contributed by atoms with Crippen LogP contribution in [0.4, 0.5) is 17.2 Å². The smallest absolute Gasteiger partial charge is 0.255 e. The maximum absolute atomic E-state index is 12.7. The zero-order valence-corrected chi connectivity index (χ0v) is 17.8. The quantitative estimate of drug-likeness (QED) is 0.415. The van der Waals surface area contributed by atoms with E-state index in [1.807, 2.05) is 72.4 Å². The second-order valence-corrected chi connectivity index (χ2v) is 7.29. The summed E-state index contributed by atoms with van der Waals surface area (Å²) in [6, 6.07) is 18.4. The number of imidazole rings is 1. The van der Waals surface area contributed by atoms with Crippen molar-refractivity contribution < 1.29 is 4.79 Å². The summed E-state index contributed by atoms with van der Waals surface area (Å²) in [6.07, 6.45) is 8.75. The number of nitrogens with one attached hydrogen (secondary N) is 2. The fraction of sp³-hybridized carbons (Fsp3) is 0.0417. The van der Waals surface area contributed by atoms with Gasteiger partial charge in [-0.2, -0.15) is 5.10 Å². The van der Waals surface area contributed by atoms with Crippen LogP contribution < -0.4 is 10.6 Å². The average molecular weight is 436 g/mol. The standard InChI is InChI=1S/C24H20N8O/c1-17-27-22(15-23(28-17)31-13-11-25-16-31)29-19-6-8-20(9-7-19)30-24(33)18-4-2-5-21(14-18)32-12-3-10-26-32/h2-16H,1H3,(H,30,33)(H,27,28,29). The van der Waals surface area contributed by atoms with Crippen LogP contribution in [0.2, 0.25) is 0 Å². The summed E-state index contributed by atoms with van der Waals surface area (Å²) >= 11 is 0. The van der Waals surface area contributed by atoms with Crippen LogP contribution in [-0.2, 0) is 0 Å². The highest BCUT2D eigenvalue weighted by atomic mass is 16.1. The summed E-state index contributed by atoms with van der Waals surface area (Å²) in [5, 5.41) is 10.4. The van der Waals surface area contributed by atoms with Crippen molar-refractivity contribution in [1.82, 2.24) is 29.3 Å². The van der Waals surface area contributed by atoms with Crippen molar-refractivity contribution >= 4 is 23.1 Å². The molecule has 0 saturated carbocycles. The highest BCUT2D eigenvalue weighted by Gasteiger charge is 2.09. The Morgan fingerprint density at radius 2 is 1.76 bits per heavy atom. The molecule has 0 aliphatic heterocycles. The van der Waals surface area contributed by atoms with Crippen LogP contribution in [0.5, 0.6) is 0 Å². The summed E-state index contributed by atoms with van der Waals surface area (Å²) in [6.45, 7) is 1.84. The number of nitrogens with zero attached hydrogens (tertiary/aromatic N) is 6. The van der Waals surface area contributed by atoms with Gasteiger partial charge in [0.05, 0.1) is 5.69 Å². The Kier molecular flexibility index (Phi) is 5.34. The lowest BCUT2D eigenvalue weighted by Crippen LogP contribution is -2.12. The van der Waals surface area contributed by atoms with E-state index in [2.05, 4.69) is 30.7 Å². The number of benzene rings is 2. The highest BCUT2D eigenvalue weighted by molar-refractivity contribution is 6.04. The molecule has 2 aromatic carbocycles. The maximum atomic E-state index is 12.7. The van der Waals surface area contributed by atoms with Crippen LogP contribution in [-0.4, -0.2) is 35.2 Å². The minimum atomic E-state index is -0.193. The van der Waals surface area contributed by atoms with Gasteiger partial charge in [0.1, 0.15) is 23.8 Å². The van der Waals surface area contributed by atoms with Crippen LogP contribution in [0, 0.1) is 6.92 Å². The van der Waals surface area contributed by atoms with Crippen molar-refractivity contribution in [3.05, 3.63) is 103 Å². The second-order valence-electron chi connectivity index (χ2n) is 7.29. The van der Waals surface area contributed by atoms with Crippen molar-refractivity contribution in [3.63, 3.8) is 0 Å². The molecule has 0 spiro atoms. The van der Waals surface area contributed by atoms with E-state index in [0.29, 0.717) is 22.9 Å². The molecule has 0 aliphatic carbocycles. The van der Waals surface area contributed by atoms with Crippen molar-refractivity contribution in [3.8, 4) is 11.5 Å². The van der Waals surface area contributed by atoms with Gasteiger partial charge in [0, 0.05) is 47.8 Å². The molecule has 0 radical (unpaired) electrons. The van der Waals surface area contributed by atoms with Crippen molar-refractivity contribution in [2.75, 3.05) is 10.6 Å². The molecule has 0 unspecified atom stereocenters. The van der Waals surface area contributed by atoms with E-state index in [1.165, 1.54) is 0 Å². The number of hydrogen-bond acceptors (Lipinski definition) is 6. The monoisotopic (exact) mass is 436 g/mol. The van der Waals surface area contributed by atoms with E-state index in [9.17, 15) is 4.79 Å². The van der Waals surface area contributed by atoms with Gasteiger partial charge in [-0.15, -0.1) is 0 Å². The molecule has 0 atom stereocenters. The number of carbonyl (C=O) groups is 1. The molecule has 3 aromatic heterocycles. The molecule has 2 N–H and O–H groups in total. The van der Waals surface area contributed by atoms with Crippen molar-refractivity contribution in [1.29, 1.82) is 0 Å². The van der Waals surface area contributed by atoms with Gasteiger partial charge in [0.25, 0.3) is 5.91 Å². The Morgan fingerprint density at radius 1 is 0.909 bits per heavy atom. The Balaban J connectivity index is 1.28. The molecule has 0 fully saturated rings. The molecule has 0 aliphatic rings. The number of amides is 1. The van der Waals surface area contributed by atoms with E-state index in [-0.39, 0.29) is 5.91 Å². The predicted octanol–water partition coefficient (Wildman–Crippen LogP) is 4.15. The molecule has 33 heavy (non-hydrogen) atoms. The molecule has 5 rings (SSSR count). The minimum absolute atomic E-state index is 0.193. The minimum Gasteiger partial charge on any atom is -0.340 e. The number of aromatic nitrogens is 6. The van der Waals surface area contributed by atoms with E-state index >= 15 is 0 Å². The Morgan fingerprint density at radius 3 is 2.52 bits per heavy atom. The first-order valence-electron chi connectivity index (χ1n) is 10.3. The second kappa shape index (κ2) is 8.75. The van der Waals surface area contributed by atoms with Crippen molar-refractivity contribution in [2.24, 2.45) is 0 Å². The summed E-state index contributed by atoms with van der Waals surface area (Å²) in [5.74, 6) is 1.84. The number of hydrogen-bond donors (Lipinski definition) is 2. The molecular weight excluding hydrogens is 416 g/mol. The van der Waals surface area contributed by atoms with E-state index in [4.69, 9.17) is 0 Å². The summed E-state index contributed by atoms with van der Waals surface area (Å²) in [4.78, 5) is 25.7. The van der Waals surface area contributed by atoms with Crippen LogP contribution in [0.1, 0.15) is 16.2 Å². The molecule has 1 amide bonds. The van der Waals surface area contributed by atoms with Gasteiger partial charge in [-0.1, -0.05) is 6.07 Å². The van der Waals surface area contributed by atoms with Crippen LogP contribution in [0.3, 0.4) is 0 Å². The number of carbonyl (C=O) groups excluding carboxylic acids is 1. The third kappa shape index (κ3) is 4.62. The van der Waals surface area contributed by atoms with Crippen LogP contribution >= 0.6 is 0 Å². The Hall–Kier alpha value is -4.79. The normalized spacial score (nSPS) is 10.7. The van der Waals surface area contributed by atoms with Gasteiger partial charge >= 0.3 is 0 Å². The van der Waals surface area contributed by atoms with E-state index < -0.39 is 0 Å². The van der Waals surface area contributed by atoms with Crippen LogP contribution in [0.25, 0.3) is 11.5 Å². The average Bonchev–Trinajstić information content (AvgIpc) is 3.55. The molecule has 3 heterocycles. The van der Waals surface area contributed by atoms with Crippen LogP contribution in [0.15, 0.2) is 91.8 Å². The molecule has 162 valence electrons. The lowest BCUT2D eigenvalue weighted by Gasteiger charge is -2.11. The summed E-state index contributed by atoms with van der Waals surface area (Å²) in [7, 11) is 0. The number of aryl methyl sites for hydroxylation is 1. The first-order valence-corrected chi connectivity index (χ1v) is 10.3. The lowest BCUT2D eigenvalue weighted by molar-refractivity contribution is 0.102.